The Kier molecular flexibility index (Phi) is 5.07. The van der Waals surface area contributed by atoms with Crippen LogP contribution in [0.25, 0.3) is 11.0 Å². The smallest absolute Gasteiger partial charge is 0.323 e. The van der Waals surface area contributed by atoms with Crippen molar-refractivity contribution >= 4 is 32.4 Å². The molecule has 2 aromatic carbocycles. The molecule has 2 N–H and O–H groups in total. The predicted octanol–water partition coefficient (Wildman–Crippen LogP) is 3.27. The molecule has 4 aromatic rings. The fourth-order valence-corrected chi connectivity index (χ4v) is 6.77. The van der Waals surface area contributed by atoms with E-state index in [1.165, 1.54) is 27.8 Å². The number of benzene rings is 2. The maximum Gasteiger partial charge on any atom is 0.323 e. The minimum absolute atomic E-state index is 0.130. The van der Waals surface area contributed by atoms with Gasteiger partial charge in [0.1, 0.15) is 0 Å². The topological polar surface area (TPSA) is 104 Å². The highest BCUT2D eigenvalue weighted by Crippen LogP contribution is 2.44. The van der Waals surface area contributed by atoms with Crippen molar-refractivity contribution in [3.05, 3.63) is 74.3 Å². The fourth-order valence-electron chi connectivity index (χ4n) is 4.23. The van der Waals surface area contributed by atoms with Gasteiger partial charge in [-0.15, -0.1) is 11.3 Å². The van der Waals surface area contributed by atoms with E-state index in [1.54, 1.807) is 20.3 Å². The van der Waals surface area contributed by atoms with Crippen LogP contribution in [0.5, 0.6) is 11.5 Å². The Balaban J connectivity index is 1.66. The van der Waals surface area contributed by atoms with Gasteiger partial charge in [0.2, 0.25) is 10.0 Å². The second kappa shape index (κ2) is 7.80. The van der Waals surface area contributed by atoms with Crippen molar-refractivity contribution in [1.29, 1.82) is 0 Å². The zero-order valence-electron chi connectivity index (χ0n) is 17.4. The number of sulfonamides is 1. The van der Waals surface area contributed by atoms with Gasteiger partial charge in [-0.25, -0.2) is 13.2 Å². The van der Waals surface area contributed by atoms with Gasteiger partial charge in [0.25, 0.3) is 0 Å². The first-order chi connectivity index (χ1) is 15.4. The number of ether oxygens (including phenoxy) is 2. The Morgan fingerprint density at radius 2 is 1.78 bits per heavy atom. The molecule has 0 radical (unpaired) electrons. The van der Waals surface area contributed by atoms with Gasteiger partial charge in [-0.2, -0.15) is 4.31 Å². The molecule has 166 valence electrons. The van der Waals surface area contributed by atoms with Crippen LogP contribution >= 0.6 is 11.3 Å². The molecule has 5 rings (SSSR count). The van der Waals surface area contributed by atoms with Gasteiger partial charge in [0.15, 0.2) is 11.5 Å². The summed E-state index contributed by atoms with van der Waals surface area (Å²) >= 11 is 1.51. The van der Waals surface area contributed by atoms with Gasteiger partial charge in [0, 0.05) is 11.4 Å². The van der Waals surface area contributed by atoms with Crippen molar-refractivity contribution in [2.75, 3.05) is 20.8 Å². The Morgan fingerprint density at radius 3 is 2.50 bits per heavy atom. The van der Waals surface area contributed by atoms with E-state index in [1.807, 2.05) is 29.6 Å². The molecule has 0 saturated heterocycles. The zero-order chi connectivity index (χ0) is 22.5. The monoisotopic (exact) mass is 471 g/mol. The third kappa shape index (κ3) is 3.31. The van der Waals surface area contributed by atoms with Crippen LogP contribution in [0.15, 0.2) is 57.5 Å². The van der Waals surface area contributed by atoms with Gasteiger partial charge in [0.05, 0.1) is 36.2 Å². The van der Waals surface area contributed by atoms with Crippen LogP contribution in [0.1, 0.15) is 22.0 Å². The fraction of sp³-hybridized carbons (Fsp3) is 0.227. The normalized spacial score (nSPS) is 16.8. The van der Waals surface area contributed by atoms with Crippen molar-refractivity contribution in [2.45, 2.75) is 17.4 Å². The molecule has 0 bridgehead atoms. The molecular weight excluding hydrogens is 450 g/mol. The molecule has 1 atom stereocenters. The molecule has 3 heterocycles. The first kappa shape index (κ1) is 20.8. The van der Waals surface area contributed by atoms with Crippen LogP contribution in [-0.2, 0) is 16.4 Å². The number of methoxy groups -OCH3 is 2. The number of thiophene rings is 1. The number of nitrogens with one attached hydrogen (secondary N) is 2. The molecule has 0 unspecified atom stereocenters. The van der Waals surface area contributed by atoms with Gasteiger partial charge in [-0.1, -0.05) is 6.07 Å². The first-order valence-corrected chi connectivity index (χ1v) is 12.3. The summed E-state index contributed by atoms with van der Waals surface area (Å²) in [6.07, 6.45) is 0.542. The van der Waals surface area contributed by atoms with E-state index >= 15 is 0 Å². The highest BCUT2D eigenvalue weighted by Gasteiger charge is 2.39. The van der Waals surface area contributed by atoms with Crippen molar-refractivity contribution in [3.63, 3.8) is 0 Å². The van der Waals surface area contributed by atoms with Crippen molar-refractivity contribution in [1.82, 2.24) is 14.3 Å². The molecule has 1 aliphatic rings. The Labute approximate surface area is 188 Å². The van der Waals surface area contributed by atoms with Crippen LogP contribution in [0, 0.1) is 0 Å². The van der Waals surface area contributed by atoms with Crippen LogP contribution in [0.3, 0.4) is 0 Å². The summed E-state index contributed by atoms with van der Waals surface area (Å²) in [5.74, 6) is 1.17. The highest BCUT2D eigenvalue weighted by molar-refractivity contribution is 7.89. The lowest BCUT2D eigenvalue weighted by Gasteiger charge is -2.36. The third-order valence-electron chi connectivity index (χ3n) is 5.74. The van der Waals surface area contributed by atoms with Gasteiger partial charge < -0.3 is 19.4 Å². The number of fused-ring (bicyclic) bond motifs is 2. The van der Waals surface area contributed by atoms with E-state index in [9.17, 15) is 13.2 Å². The van der Waals surface area contributed by atoms with Crippen LogP contribution in [-0.4, -0.2) is 43.5 Å². The molecular formula is C22H21N3O5S2. The van der Waals surface area contributed by atoms with Gasteiger partial charge >= 0.3 is 5.69 Å². The van der Waals surface area contributed by atoms with Crippen LogP contribution < -0.4 is 15.2 Å². The lowest BCUT2D eigenvalue weighted by Crippen LogP contribution is -2.40. The highest BCUT2D eigenvalue weighted by atomic mass is 32.2. The van der Waals surface area contributed by atoms with Crippen LogP contribution in [0.4, 0.5) is 0 Å². The standard InChI is InChI=1S/C22H21N3O5S2/c1-29-18-10-13-7-8-25(21(20-4-3-9-31-20)15(13)12-19(18)30-2)32(27,28)14-5-6-16-17(11-14)24-22(26)23-16/h3-6,9-12,21H,7-8H2,1-2H3,(H2,23,24,26)/t21-/m0/s1. The average molecular weight is 472 g/mol. The molecule has 0 fully saturated rings. The molecule has 0 spiro atoms. The third-order valence-corrected chi connectivity index (χ3v) is 8.52. The Hall–Kier alpha value is -3.08. The number of imidazole rings is 1. The maximum absolute atomic E-state index is 13.8. The second-order valence-electron chi connectivity index (χ2n) is 7.48. The van der Waals surface area contributed by atoms with Crippen molar-refractivity contribution in [3.8, 4) is 11.5 Å². The van der Waals surface area contributed by atoms with E-state index in [4.69, 9.17) is 9.47 Å². The number of aromatic nitrogens is 2. The molecule has 8 nitrogen and oxygen atoms in total. The summed E-state index contributed by atoms with van der Waals surface area (Å²) in [5, 5.41) is 1.94. The number of hydrogen-bond acceptors (Lipinski definition) is 6. The zero-order valence-corrected chi connectivity index (χ0v) is 19.0. The number of aromatic amines is 2. The van der Waals surface area contributed by atoms with E-state index in [-0.39, 0.29) is 10.6 Å². The van der Waals surface area contributed by atoms with E-state index in [2.05, 4.69) is 9.97 Å². The summed E-state index contributed by atoms with van der Waals surface area (Å²) in [6.45, 7) is 0.315. The minimum atomic E-state index is -3.87. The summed E-state index contributed by atoms with van der Waals surface area (Å²) in [7, 11) is -0.716. The average Bonchev–Trinajstić information content (AvgIpc) is 3.45. The van der Waals surface area contributed by atoms with E-state index in [0.29, 0.717) is 35.5 Å². The summed E-state index contributed by atoms with van der Waals surface area (Å²) < 4.78 is 40.1. The van der Waals surface area contributed by atoms with Gasteiger partial charge in [-0.05, 0) is 59.3 Å². The largest absolute Gasteiger partial charge is 0.493 e. The molecule has 0 amide bonds. The molecule has 0 aliphatic carbocycles. The first-order valence-electron chi connectivity index (χ1n) is 9.94. The lowest BCUT2D eigenvalue weighted by atomic mass is 9.92. The minimum Gasteiger partial charge on any atom is -0.493 e. The Morgan fingerprint density at radius 1 is 1.03 bits per heavy atom. The number of rotatable bonds is 5. The van der Waals surface area contributed by atoms with Gasteiger partial charge in [-0.3, -0.25) is 0 Å². The number of nitrogens with zero attached hydrogens (tertiary/aromatic N) is 1. The SMILES string of the molecule is COc1cc2c(cc1OC)[C@@H](c1cccs1)N(S(=O)(=O)c1ccc3[nH]c(=O)[nH]c3c1)CC2. The quantitative estimate of drug-likeness (QED) is 0.465. The van der Waals surface area contributed by atoms with Crippen molar-refractivity contribution in [2.24, 2.45) is 0 Å². The number of H-pyrrole nitrogens is 2. The maximum atomic E-state index is 13.8. The number of hydrogen-bond donors (Lipinski definition) is 2. The van der Waals surface area contributed by atoms with Crippen molar-refractivity contribution < 1.29 is 17.9 Å². The second-order valence-corrected chi connectivity index (χ2v) is 10.3. The molecule has 2 aromatic heterocycles. The predicted molar refractivity (Wildman–Crippen MR) is 122 cm³/mol. The molecule has 32 heavy (non-hydrogen) atoms. The lowest BCUT2D eigenvalue weighted by molar-refractivity contribution is 0.334. The van der Waals surface area contributed by atoms with E-state index in [0.717, 1.165) is 16.0 Å². The Bertz CT molecular complexity index is 1450. The van der Waals surface area contributed by atoms with E-state index < -0.39 is 16.1 Å². The molecule has 1 aliphatic heterocycles. The summed E-state index contributed by atoms with van der Waals surface area (Å²) in [6, 6.07) is 11.8. The molecule has 0 saturated carbocycles. The summed E-state index contributed by atoms with van der Waals surface area (Å²) in [5.41, 5.74) is 2.53. The summed E-state index contributed by atoms with van der Waals surface area (Å²) in [4.78, 5) is 17.9. The van der Waals surface area contributed by atoms with Crippen LogP contribution in [0.2, 0.25) is 0 Å². The molecule has 10 heteroatoms.